The van der Waals surface area contributed by atoms with E-state index in [1.165, 1.54) is 11.1 Å². The fourth-order valence-corrected chi connectivity index (χ4v) is 2.58. The molecule has 0 spiro atoms. The highest BCUT2D eigenvalue weighted by Gasteiger charge is 2.24. The molecule has 5 heteroatoms. The number of urea groups is 1. The molecule has 0 radical (unpaired) electrons. The topological polar surface area (TPSA) is 69.6 Å². The molecule has 2 amide bonds. The van der Waals surface area contributed by atoms with Gasteiger partial charge in [0.2, 0.25) is 0 Å². The summed E-state index contributed by atoms with van der Waals surface area (Å²) in [5, 5.41) is 11.2. The summed E-state index contributed by atoms with van der Waals surface area (Å²) in [7, 11) is 1.77. The average molecular weight is 276 g/mol. The standard InChI is InChI=1S/C15H20N2O3/c1-17(15(20)16-9-8-14(18)19)13-7-6-11-4-2-3-5-12(11)10-13/h2-5,13H,6-10H2,1H3,(H,16,20)(H,18,19). The molecule has 2 N–H and O–H groups in total. The van der Waals surface area contributed by atoms with E-state index in [-0.39, 0.29) is 25.0 Å². The fourth-order valence-electron chi connectivity index (χ4n) is 2.58. The molecule has 1 unspecified atom stereocenters. The summed E-state index contributed by atoms with van der Waals surface area (Å²) in [6.07, 6.45) is 2.74. The molecule has 0 heterocycles. The van der Waals surface area contributed by atoms with Crippen LogP contribution in [0.3, 0.4) is 0 Å². The van der Waals surface area contributed by atoms with Crippen LogP contribution in [-0.4, -0.2) is 41.6 Å². The van der Waals surface area contributed by atoms with Gasteiger partial charge in [-0.15, -0.1) is 0 Å². The van der Waals surface area contributed by atoms with E-state index in [1.54, 1.807) is 11.9 Å². The summed E-state index contributed by atoms with van der Waals surface area (Å²) in [6, 6.07) is 8.29. The van der Waals surface area contributed by atoms with Crippen LogP contribution in [0.2, 0.25) is 0 Å². The average Bonchev–Trinajstić information content (AvgIpc) is 2.45. The van der Waals surface area contributed by atoms with Crippen molar-refractivity contribution < 1.29 is 14.7 Å². The Balaban J connectivity index is 1.89. The Kier molecular flexibility index (Phi) is 4.61. The molecule has 1 aromatic rings. The maximum atomic E-state index is 12.0. The Bertz CT molecular complexity index is 502. The Hall–Kier alpha value is -2.04. The predicted octanol–water partition coefficient (Wildman–Crippen LogP) is 1.66. The van der Waals surface area contributed by atoms with Gasteiger partial charge in [0.05, 0.1) is 6.42 Å². The summed E-state index contributed by atoms with van der Waals surface area (Å²) in [5.74, 6) is -0.903. The molecule has 1 aromatic carbocycles. The van der Waals surface area contributed by atoms with Crippen molar-refractivity contribution in [2.75, 3.05) is 13.6 Å². The number of rotatable bonds is 4. The minimum atomic E-state index is -0.903. The number of fused-ring (bicyclic) bond motifs is 1. The number of aliphatic carboxylic acids is 1. The summed E-state index contributed by atoms with van der Waals surface area (Å²) in [6.45, 7) is 0.168. The molecule has 1 aliphatic carbocycles. The smallest absolute Gasteiger partial charge is 0.317 e. The van der Waals surface area contributed by atoms with E-state index in [0.717, 1.165) is 19.3 Å². The number of benzene rings is 1. The normalized spacial score (nSPS) is 17.1. The van der Waals surface area contributed by atoms with Crippen LogP contribution in [0.4, 0.5) is 4.79 Å². The first-order chi connectivity index (χ1) is 9.58. The molecule has 1 aliphatic rings. The van der Waals surface area contributed by atoms with Gasteiger partial charge in [0, 0.05) is 19.6 Å². The van der Waals surface area contributed by atoms with Gasteiger partial charge in [-0.1, -0.05) is 24.3 Å². The van der Waals surface area contributed by atoms with Crippen LogP contribution in [0.15, 0.2) is 24.3 Å². The van der Waals surface area contributed by atoms with Crippen molar-refractivity contribution in [2.24, 2.45) is 0 Å². The third-order valence-electron chi connectivity index (χ3n) is 3.80. The largest absolute Gasteiger partial charge is 0.481 e. The van der Waals surface area contributed by atoms with Gasteiger partial charge in [-0.25, -0.2) is 4.79 Å². The SMILES string of the molecule is CN(C(=O)NCCC(=O)O)C1CCc2ccccc2C1. The lowest BCUT2D eigenvalue weighted by Crippen LogP contribution is -2.46. The zero-order valence-corrected chi connectivity index (χ0v) is 11.6. The van der Waals surface area contributed by atoms with E-state index in [9.17, 15) is 9.59 Å². The first kappa shape index (κ1) is 14.4. The maximum absolute atomic E-state index is 12.0. The Morgan fingerprint density at radius 1 is 1.35 bits per heavy atom. The minimum Gasteiger partial charge on any atom is -0.481 e. The van der Waals surface area contributed by atoms with Crippen molar-refractivity contribution >= 4 is 12.0 Å². The van der Waals surface area contributed by atoms with Crippen LogP contribution >= 0.6 is 0 Å². The van der Waals surface area contributed by atoms with Crippen molar-refractivity contribution in [2.45, 2.75) is 31.7 Å². The van der Waals surface area contributed by atoms with Gasteiger partial charge in [-0.3, -0.25) is 4.79 Å². The molecule has 0 aromatic heterocycles. The monoisotopic (exact) mass is 276 g/mol. The number of carbonyl (C=O) groups is 2. The molecule has 0 saturated carbocycles. The van der Waals surface area contributed by atoms with Crippen molar-refractivity contribution in [1.82, 2.24) is 10.2 Å². The van der Waals surface area contributed by atoms with Crippen LogP contribution in [-0.2, 0) is 17.6 Å². The van der Waals surface area contributed by atoms with E-state index >= 15 is 0 Å². The number of carboxylic acid groups (broad SMARTS) is 1. The lowest BCUT2D eigenvalue weighted by atomic mass is 9.88. The predicted molar refractivity (Wildman–Crippen MR) is 75.7 cm³/mol. The number of likely N-dealkylation sites (N-methyl/N-ethyl adjacent to an activating group) is 1. The number of hydrogen-bond donors (Lipinski definition) is 2. The van der Waals surface area contributed by atoms with Crippen LogP contribution in [0, 0.1) is 0 Å². The molecular formula is C15H20N2O3. The summed E-state index contributed by atoms with van der Waals surface area (Å²) in [5.41, 5.74) is 2.66. The van der Waals surface area contributed by atoms with Gasteiger partial charge in [0.1, 0.15) is 0 Å². The van der Waals surface area contributed by atoms with Gasteiger partial charge >= 0.3 is 12.0 Å². The quantitative estimate of drug-likeness (QED) is 0.878. The third-order valence-corrected chi connectivity index (χ3v) is 3.80. The number of hydrogen-bond acceptors (Lipinski definition) is 2. The number of aryl methyl sites for hydroxylation is 1. The highest BCUT2D eigenvalue weighted by Crippen LogP contribution is 2.23. The number of nitrogens with zero attached hydrogens (tertiary/aromatic N) is 1. The summed E-state index contributed by atoms with van der Waals surface area (Å²) >= 11 is 0. The lowest BCUT2D eigenvalue weighted by Gasteiger charge is -2.32. The molecule has 5 nitrogen and oxygen atoms in total. The zero-order valence-electron chi connectivity index (χ0n) is 11.6. The van der Waals surface area contributed by atoms with Crippen LogP contribution < -0.4 is 5.32 Å². The Morgan fingerprint density at radius 2 is 2.05 bits per heavy atom. The van der Waals surface area contributed by atoms with E-state index < -0.39 is 5.97 Å². The number of carbonyl (C=O) groups excluding carboxylic acids is 1. The molecular weight excluding hydrogens is 256 g/mol. The van der Waals surface area contributed by atoms with Crippen molar-refractivity contribution in [3.63, 3.8) is 0 Å². The fraction of sp³-hybridized carbons (Fsp3) is 0.467. The van der Waals surface area contributed by atoms with Crippen molar-refractivity contribution in [3.8, 4) is 0 Å². The van der Waals surface area contributed by atoms with Crippen LogP contribution in [0.5, 0.6) is 0 Å². The van der Waals surface area contributed by atoms with Crippen LogP contribution in [0.25, 0.3) is 0 Å². The number of carboxylic acids is 1. The zero-order chi connectivity index (χ0) is 14.5. The first-order valence-corrected chi connectivity index (χ1v) is 6.87. The highest BCUT2D eigenvalue weighted by atomic mass is 16.4. The first-order valence-electron chi connectivity index (χ1n) is 6.87. The highest BCUT2D eigenvalue weighted by molar-refractivity contribution is 5.75. The second kappa shape index (κ2) is 6.41. The van der Waals surface area contributed by atoms with Crippen LogP contribution in [0.1, 0.15) is 24.0 Å². The number of nitrogens with one attached hydrogen (secondary N) is 1. The van der Waals surface area contributed by atoms with Gasteiger partial charge in [-0.05, 0) is 30.4 Å². The van der Waals surface area contributed by atoms with Gasteiger partial charge < -0.3 is 15.3 Å². The van der Waals surface area contributed by atoms with E-state index in [4.69, 9.17) is 5.11 Å². The second-order valence-corrected chi connectivity index (χ2v) is 5.15. The Morgan fingerprint density at radius 3 is 2.75 bits per heavy atom. The Labute approximate surface area is 118 Å². The van der Waals surface area contributed by atoms with Gasteiger partial charge in [-0.2, -0.15) is 0 Å². The van der Waals surface area contributed by atoms with E-state index in [0.29, 0.717) is 0 Å². The van der Waals surface area contributed by atoms with Gasteiger partial charge in [0.15, 0.2) is 0 Å². The molecule has 0 bridgehead atoms. The molecule has 2 rings (SSSR count). The van der Waals surface area contributed by atoms with Crippen molar-refractivity contribution in [1.29, 1.82) is 0 Å². The lowest BCUT2D eigenvalue weighted by molar-refractivity contribution is -0.136. The molecule has 1 atom stereocenters. The minimum absolute atomic E-state index is 0.0485. The molecule has 20 heavy (non-hydrogen) atoms. The molecule has 0 fully saturated rings. The van der Waals surface area contributed by atoms with E-state index in [2.05, 4.69) is 17.4 Å². The van der Waals surface area contributed by atoms with Gasteiger partial charge in [0.25, 0.3) is 0 Å². The van der Waals surface area contributed by atoms with E-state index in [1.807, 2.05) is 12.1 Å². The maximum Gasteiger partial charge on any atom is 0.317 e. The second-order valence-electron chi connectivity index (χ2n) is 5.15. The third kappa shape index (κ3) is 3.50. The summed E-state index contributed by atoms with van der Waals surface area (Å²) in [4.78, 5) is 24.1. The molecule has 0 aliphatic heterocycles. The van der Waals surface area contributed by atoms with Crippen molar-refractivity contribution in [3.05, 3.63) is 35.4 Å². The molecule has 0 saturated heterocycles. The number of amides is 2. The molecule has 108 valence electrons. The summed E-state index contributed by atoms with van der Waals surface area (Å²) < 4.78 is 0.